The fourth-order valence-corrected chi connectivity index (χ4v) is 1.91. The zero-order valence-corrected chi connectivity index (χ0v) is 10.4. The van der Waals surface area contributed by atoms with Crippen LogP contribution >= 0.6 is 0 Å². The molecule has 0 amide bonds. The van der Waals surface area contributed by atoms with Crippen molar-refractivity contribution < 1.29 is 19.2 Å². The van der Waals surface area contributed by atoms with Gasteiger partial charge in [-0.1, -0.05) is 12.1 Å². The minimum atomic E-state index is -0.518. The number of ether oxygens (including phenoxy) is 2. The highest BCUT2D eigenvalue weighted by molar-refractivity contribution is 5.97. The van der Waals surface area contributed by atoms with Gasteiger partial charge in [-0.05, 0) is 12.8 Å². The molecule has 0 aromatic heterocycles. The lowest BCUT2D eigenvalue weighted by Crippen LogP contribution is -2.25. The highest BCUT2D eigenvalue weighted by Crippen LogP contribution is 2.15. The van der Waals surface area contributed by atoms with Gasteiger partial charge in [-0.2, -0.15) is 0 Å². The topological polar surface area (TPSA) is 78.7 Å². The molecule has 6 nitrogen and oxygen atoms in total. The molecule has 0 spiro atoms. The molecule has 19 heavy (non-hydrogen) atoms. The number of carbonyl (C=O) groups is 1. The molecule has 6 heteroatoms. The van der Waals surface area contributed by atoms with Crippen LogP contribution in [0.4, 0.5) is 5.69 Å². The maximum absolute atomic E-state index is 11.9. The Hall–Kier alpha value is -1.79. The van der Waals surface area contributed by atoms with Crippen molar-refractivity contribution in [3.05, 3.63) is 39.9 Å². The van der Waals surface area contributed by atoms with Crippen molar-refractivity contribution >= 4 is 11.5 Å². The van der Waals surface area contributed by atoms with E-state index in [0.29, 0.717) is 18.8 Å². The Bertz CT molecular complexity index is 468. The Kier molecular flexibility index (Phi) is 4.59. The van der Waals surface area contributed by atoms with Crippen LogP contribution in [-0.2, 0) is 9.47 Å². The average Bonchev–Trinajstić information content (AvgIpc) is 2.46. The first-order valence-corrected chi connectivity index (χ1v) is 6.14. The molecule has 0 radical (unpaired) electrons. The summed E-state index contributed by atoms with van der Waals surface area (Å²) in [6.07, 6.45) is 1.60. The molecule has 0 aliphatic carbocycles. The number of non-ortho nitro benzene ring substituents is 1. The summed E-state index contributed by atoms with van der Waals surface area (Å²) in [6, 6.07) is 5.69. The second-order valence-corrected chi connectivity index (χ2v) is 4.35. The summed E-state index contributed by atoms with van der Waals surface area (Å²) < 4.78 is 10.7. The molecular formula is C13H15NO5. The van der Waals surface area contributed by atoms with E-state index in [-0.39, 0.29) is 24.2 Å². The summed E-state index contributed by atoms with van der Waals surface area (Å²) in [7, 11) is 0. The number of ketones is 1. The quantitative estimate of drug-likeness (QED) is 0.462. The largest absolute Gasteiger partial charge is 0.381 e. The summed E-state index contributed by atoms with van der Waals surface area (Å²) in [6.45, 7) is 1.25. The van der Waals surface area contributed by atoms with Crippen molar-refractivity contribution in [1.82, 2.24) is 0 Å². The first-order chi connectivity index (χ1) is 9.16. The molecule has 102 valence electrons. The van der Waals surface area contributed by atoms with Gasteiger partial charge in [0.2, 0.25) is 0 Å². The van der Waals surface area contributed by atoms with Crippen LogP contribution in [0.5, 0.6) is 0 Å². The number of nitrogens with zero attached hydrogens (tertiary/aromatic N) is 1. The van der Waals surface area contributed by atoms with Gasteiger partial charge in [0, 0.05) is 30.9 Å². The lowest BCUT2D eigenvalue weighted by atomic mass is 10.1. The smallest absolute Gasteiger partial charge is 0.270 e. The van der Waals surface area contributed by atoms with Gasteiger partial charge in [-0.3, -0.25) is 14.9 Å². The molecule has 1 saturated heterocycles. The van der Waals surface area contributed by atoms with E-state index < -0.39 is 4.92 Å². The highest BCUT2D eigenvalue weighted by Gasteiger charge is 2.17. The van der Waals surface area contributed by atoms with Crippen LogP contribution in [-0.4, -0.2) is 36.6 Å². The highest BCUT2D eigenvalue weighted by atomic mass is 16.6. The van der Waals surface area contributed by atoms with Gasteiger partial charge in [0.05, 0.1) is 11.0 Å². The molecule has 1 aromatic rings. The zero-order chi connectivity index (χ0) is 13.7. The van der Waals surface area contributed by atoms with Crippen molar-refractivity contribution in [1.29, 1.82) is 0 Å². The van der Waals surface area contributed by atoms with E-state index in [1.807, 2.05) is 0 Å². The van der Waals surface area contributed by atoms with Gasteiger partial charge in [0.15, 0.2) is 5.78 Å². The van der Waals surface area contributed by atoms with Crippen molar-refractivity contribution in [2.75, 3.05) is 19.8 Å². The minimum Gasteiger partial charge on any atom is -0.381 e. The summed E-state index contributed by atoms with van der Waals surface area (Å²) in [5.41, 5.74) is 0.221. The first kappa shape index (κ1) is 13.6. The second kappa shape index (κ2) is 6.40. The van der Waals surface area contributed by atoms with Crippen LogP contribution in [0.1, 0.15) is 23.2 Å². The van der Waals surface area contributed by atoms with E-state index >= 15 is 0 Å². The fourth-order valence-electron chi connectivity index (χ4n) is 1.91. The maximum Gasteiger partial charge on any atom is 0.270 e. The van der Waals surface area contributed by atoms with Crippen molar-refractivity contribution in [2.45, 2.75) is 18.9 Å². The van der Waals surface area contributed by atoms with Gasteiger partial charge in [0.1, 0.15) is 6.61 Å². The third kappa shape index (κ3) is 3.84. The summed E-state index contributed by atoms with van der Waals surface area (Å²) >= 11 is 0. The number of benzene rings is 1. The van der Waals surface area contributed by atoms with Gasteiger partial charge in [-0.15, -0.1) is 0 Å². The number of hydrogen-bond acceptors (Lipinski definition) is 5. The molecule has 1 aromatic carbocycles. The van der Waals surface area contributed by atoms with Crippen LogP contribution in [0.3, 0.4) is 0 Å². The standard InChI is InChI=1S/C13H15NO5/c15-13(9-19-12-4-6-18-7-5-12)10-2-1-3-11(8-10)14(16)17/h1-3,8,12H,4-7,9H2. The van der Waals surface area contributed by atoms with E-state index in [0.717, 1.165) is 12.8 Å². The predicted octanol–water partition coefficient (Wildman–Crippen LogP) is 1.97. The third-order valence-electron chi connectivity index (χ3n) is 3.00. The number of hydrogen-bond donors (Lipinski definition) is 0. The van der Waals surface area contributed by atoms with E-state index in [9.17, 15) is 14.9 Å². The Balaban J connectivity index is 1.92. The zero-order valence-electron chi connectivity index (χ0n) is 10.4. The molecule has 1 heterocycles. The Morgan fingerprint density at radius 1 is 1.42 bits per heavy atom. The van der Waals surface area contributed by atoms with Gasteiger partial charge in [-0.25, -0.2) is 0 Å². The molecule has 1 fully saturated rings. The molecule has 0 bridgehead atoms. The second-order valence-electron chi connectivity index (χ2n) is 4.35. The summed E-state index contributed by atoms with van der Waals surface area (Å²) in [5.74, 6) is -0.241. The molecular weight excluding hydrogens is 250 g/mol. The summed E-state index contributed by atoms with van der Waals surface area (Å²) in [4.78, 5) is 22.0. The van der Waals surface area contributed by atoms with Crippen LogP contribution in [0, 0.1) is 10.1 Å². The van der Waals surface area contributed by atoms with Crippen molar-refractivity contribution in [2.24, 2.45) is 0 Å². The van der Waals surface area contributed by atoms with Crippen LogP contribution in [0.15, 0.2) is 24.3 Å². The molecule has 0 N–H and O–H groups in total. The van der Waals surface area contributed by atoms with Crippen LogP contribution in [0.2, 0.25) is 0 Å². The fraction of sp³-hybridized carbons (Fsp3) is 0.462. The van der Waals surface area contributed by atoms with Crippen LogP contribution < -0.4 is 0 Å². The summed E-state index contributed by atoms with van der Waals surface area (Å²) in [5, 5.41) is 10.6. The number of carbonyl (C=O) groups excluding carboxylic acids is 1. The number of nitro groups is 1. The van der Waals surface area contributed by atoms with E-state index in [2.05, 4.69) is 0 Å². The minimum absolute atomic E-state index is 0.0383. The van der Waals surface area contributed by atoms with Gasteiger partial charge in [0.25, 0.3) is 5.69 Å². The number of rotatable bonds is 5. The predicted molar refractivity (Wildman–Crippen MR) is 67.2 cm³/mol. The van der Waals surface area contributed by atoms with E-state index in [1.54, 1.807) is 6.07 Å². The molecule has 1 aliphatic heterocycles. The lowest BCUT2D eigenvalue weighted by molar-refractivity contribution is -0.384. The lowest BCUT2D eigenvalue weighted by Gasteiger charge is -2.21. The first-order valence-electron chi connectivity index (χ1n) is 6.14. The Labute approximate surface area is 110 Å². The SMILES string of the molecule is O=C(COC1CCOCC1)c1cccc([N+](=O)[O-])c1. The maximum atomic E-state index is 11.9. The van der Waals surface area contributed by atoms with E-state index in [4.69, 9.17) is 9.47 Å². The van der Waals surface area contributed by atoms with E-state index in [1.165, 1.54) is 18.2 Å². The van der Waals surface area contributed by atoms with Crippen molar-refractivity contribution in [3.63, 3.8) is 0 Å². The van der Waals surface area contributed by atoms with Gasteiger partial charge >= 0.3 is 0 Å². The Morgan fingerprint density at radius 2 is 2.16 bits per heavy atom. The van der Waals surface area contributed by atoms with Crippen molar-refractivity contribution in [3.8, 4) is 0 Å². The Morgan fingerprint density at radius 3 is 2.84 bits per heavy atom. The average molecular weight is 265 g/mol. The normalized spacial score (nSPS) is 16.2. The third-order valence-corrected chi connectivity index (χ3v) is 3.00. The molecule has 2 rings (SSSR count). The number of Topliss-reactive ketones (excluding diaryl/α,β-unsaturated/α-hetero) is 1. The molecule has 0 unspecified atom stereocenters. The number of nitro benzene ring substituents is 1. The van der Waals surface area contributed by atoms with Gasteiger partial charge < -0.3 is 9.47 Å². The molecule has 1 aliphatic rings. The molecule has 0 atom stereocenters. The monoisotopic (exact) mass is 265 g/mol. The van der Waals surface area contributed by atoms with Crippen LogP contribution in [0.25, 0.3) is 0 Å². The molecule has 0 saturated carbocycles.